The molecule has 2 heterocycles. The molecule has 0 aromatic rings. The SMILES string of the molecule is COC(=O)C1NCCN2C(=O)N(C)CC12. The van der Waals surface area contributed by atoms with Crippen molar-refractivity contribution in [1.29, 1.82) is 0 Å². The summed E-state index contributed by atoms with van der Waals surface area (Å²) in [5.74, 6) is -0.298. The summed E-state index contributed by atoms with van der Waals surface area (Å²) < 4.78 is 4.71. The number of urea groups is 1. The van der Waals surface area contributed by atoms with Crippen molar-refractivity contribution < 1.29 is 14.3 Å². The van der Waals surface area contributed by atoms with Crippen molar-refractivity contribution >= 4 is 12.0 Å². The van der Waals surface area contributed by atoms with Gasteiger partial charge in [0.05, 0.1) is 13.2 Å². The lowest BCUT2D eigenvalue weighted by Gasteiger charge is -2.34. The largest absolute Gasteiger partial charge is 0.468 e. The number of fused-ring (bicyclic) bond motifs is 1. The first-order chi connectivity index (χ1) is 7.15. The van der Waals surface area contributed by atoms with Crippen molar-refractivity contribution in [2.45, 2.75) is 12.1 Å². The molecule has 2 atom stereocenters. The van der Waals surface area contributed by atoms with Gasteiger partial charge in [-0.1, -0.05) is 0 Å². The highest BCUT2D eigenvalue weighted by Gasteiger charge is 2.45. The molecule has 0 spiro atoms. The minimum Gasteiger partial charge on any atom is -0.468 e. The quantitative estimate of drug-likeness (QED) is 0.560. The van der Waals surface area contributed by atoms with E-state index in [1.807, 2.05) is 0 Å². The molecule has 0 saturated carbocycles. The zero-order chi connectivity index (χ0) is 11.0. The van der Waals surface area contributed by atoms with Crippen LogP contribution in [0, 0.1) is 0 Å². The lowest BCUT2D eigenvalue weighted by Crippen LogP contribution is -2.60. The second kappa shape index (κ2) is 3.69. The van der Waals surface area contributed by atoms with Crippen LogP contribution in [0.3, 0.4) is 0 Å². The van der Waals surface area contributed by atoms with E-state index in [9.17, 15) is 9.59 Å². The van der Waals surface area contributed by atoms with Crippen molar-refractivity contribution in [2.24, 2.45) is 0 Å². The van der Waals surface area contributed by atoms with E-state index < -0.39 is 6.04 Å². The highest BCUT2D eigenvalue weighted by Crippen LogP contribution is 2.20. The number of piperazine rings is 1. The van der Waals surface area contributed by atoms with Gasteiger partial charge in [0.15, 0.2) is 0 Å². The van der Waals surface area contributed by atoms with Crippen LogP contribution in [-0.2, 0) is 9.53 Å². The van der Waals surface area contributed by atoms with Crippen LogP contribution in [0.1, 0.15) is 0 Å². The number of carbonyl (C=O) groups excluding carboxylic acids is 2. The van der Waals surface area contributed by atoms with Crippen LogP contribution >= 0.6 is 0 Å². The molecular weight excluding hydrogens is 198 g/mol. The molecule has 2 amide bonds. The molecule has 0 aliphatic carbocycles. The Kier molecular flexibility index (Phi) is 2.52. The number of amides is 2. The van der Waals surface area contributed by atoms with Gasteiger partial charge in [-0.3, -0.25) is 4.79 Å². The Morgan fingerprint density at radius 3 is 3.00 bits per heavy atom. The molecule has 1 N–H and O–H groups in total. The van der Waals surface area contributed by atoms with Crippen molar-refractivity contribution in [2.75, 3.05) is 33.8 Å². The number of methoxy groups -OCH3 is 1. The third-order valence-corrected chi connectivity index (χ3v) is 2.99. The summed E-state index contributed by atoms with van der Waals surface area (Å²) >= 11 is 0. The number of carbonyl (C=O) groups is 2. The standard InChI is InChI=1S/C9H15N3O3/c1-11-5-6-7(8(13)15-2)10-3-4-12(6)9(11)14/h6-7,10H,3-5H2,1-2H3. The maximum absolute atomic E-state index is 11.7. The summed E-state index contributed by atoms with van der Waals surface area (Å²) in [6.45, 7) is 1.86. The van der Waals surface area contributed by atoms with Gasteiger partial charge in [-0.25, -0.2) is 4.79 Å². The molecule has 6 heteroatoms. The molecule has 0 aromatic heterocycles. The zero-order valence-corrected chi connectivity index (χ0v) is 8.90. The smallest absolute Gasteiger partial charge is 0.325 e. The number of hydrogen-bond acceptors (Lipinski definition) is 4. The fourth-order valence-corrected chi connectivity index (χ4v) is 2.21. The third kappa shape index (κ3) is 1.54. The van der Waals surface area contributed by atoms with E-state index in [0.717, 1.165) is 0 Å². The average Bonchev–Trinajstić information content (AvgIpc) is 2.54. The first kappa shape index (κ1) is 10.2. The minimum atomic E-state index is -0.391. The van der Waals surface area contributed by atoms with E-state index in [2.05, 4.69) is 5.32 Å². The number of rotatable bonds is 1. The highest BCUT2D eigenvalue weighted by molar-refractivity contribution is 5.82. The number of hydrogen-bond donors (Lipinski definition) is 1. The molecule has 2 aliphatic rings. The summed E-state index contributed by atoms with van der Waals surface area (Å²) in [6, 6.07) is -0.489. The van der Waals surface area contributed by atoms with Crippen LogP contribution in [0.2, 0.25) is 0 Å². The maximum atomic E-state index is 11.7. The van der Waals surface area contributed by atoms with Gasteiger partial charge in [0.25, 0.3) is 0 Å². The van der Waals surface area contributed by atoms with Gasteiger partial charge in [0.2, 0.25) is 0 Å². The molecule has 2 aliphatic heterocycles. The Hall–Kier alpha value is -1.30. The lowest BCUT2D eigenvalue weighted by molar-refractivity contribution is -0.145. The van der Waals surface area contributed by atoms with E-state index in [-0.39, 0.29) is 18.0 Å². The van der Waals surface area contributed by atoms with Crippen molar-refractivity contribution in [1.82, 2.24) is 15.1 Å². The predicted molar refractivity (Wildman–Crippen MR) is 52.3 cm³/mol. The number of likely N-dealkylation sites (N-methyl/N-ethyl adjacent to an activating group) is 1. The van der Waals surface area contributed by atoms with Crippen LogP contribution in [0.25, 0.3) is 0 Å². The first-order valence-electron chi connectivity index (χ1n) is 4.98. The Morgan fingerprint density at radius 2 is 2.33 bits per heavy atom. The highest BCUT2D eigenvalue weighted by atomic mass is 16.5. The van der Waals surface area contributed by atoms with Gasteiger partial charge >= 0.3 is 12.0 Å². The Morgan fingerprint density at radius 1 is 1.60 bits per heavy atom. The topological polar surface area (TPSA) is 61.9 Å². The fraction of sp³-hybridized carbons (Fsp3) is 0.778. The molecule has 2 fully saturated rings. The van der Waals surface area contributed by atoms with Gasteiger partial charge in [0.1, 0.15) is 6.04 Å². The van der Waals surface area contributed by atoms with E-state index in [1.54, 1.807) is 16.8 Å². The van der Waals surface area contributed by atoms with E-state index in [0.29, 0.717) is 19.6 Å². The second-order valence-corrected chi connectivity index (χ2v) is 3.88. The molecule has 0 aromatic carbocycles. The van der Waals surface area contributed by atoms with Gasteiger partial charge in [-0.15, -0.1) is 0 Å². The van der Waals surface area contributed by atoms with Crippen LogP contribution in [0.15, 0.2) is 0 Å². The van der Waals surface area contributed by atoms with Crippen LogP contribution in [0.5, 0.6) is 0 Å². The van der Waals surface area contributed by atoms with Crippen LogP contribution in [-0.4, -0.2) is 67.7 Å². The molecule has 15 heavy (non-hydrogen) atoms. The normalized spacial score (nSPS) is 30.4. The summed E-state index contributed by atoms with van der Waals surface area (Å²) in [4.78, 5) is 26.5. The lowest BCUT2D eigenvalue weighted by atomic mass is 10.1. The third-order valence-electron chi connectivity index (χ3n) is 2.99. The Labute approximate surface area is 88.2 Å². The summed E-state index contributed by atoms with van der Waals surface area (Å²) in [7, 11) is 3.11. The summed E-state index contributed by atoms with van der Waals surface area (Å²) in [6.07, 6.45) is 0. The van der Waals surface area contributed by atoms with E-state index >= 15 is 0 Å². The fourth-order valence-electron chi connectivity index (χ4n) is 2.21. The number of nitrogens with one attached hydrogen (secondary N) is 1. The van der Waals surface area contributed by atoms with Gasteiger partial charge in [-0.2, -0.15) is 0 Å². The maximum Gasteiger partial charge on any atom is 0.325 e. The Bertz CT molecular complexity index is 294. The Balaban J connectivity index is 2.16. The zero-order valence-electron chi connectivity index (χ0n) is 8.90. The molecule has 2 rings (SSSR count). The number of ether oxygens (including phenoxy) is 1. The number of nitrogens with zero attached hydrogens (tertiary/aromatic N) is 2. The first-order valence-corrected chi connectivity index (χ1v) is 4.98. The van der Waals surface area contributed by atoms with Crippen molar-refractivity contribution in [3.63, 3.8) is 0 Å². The van der Waals surface area contributed by atoms with E-state index in [4.69, 9.17) is 4.74 Å². The summed E-state index contributed by atoms with van der Waals surface area (Å²) in [5.41, 5.74) is 0. The van der Waals surface area contributed by atoms with Gasteiger partial charge < -0.3 is 19.9 Å². The van der Waals surface area contributed by atoms with Gasteiger partial charge in [0, 0.05) is 26.7 Å². The van der Waals surface area contributed by atoms with Gasteiger partial charge in [-0.05, 0) is 0 Å². The van der Waals surface area contributed by atoms with Crippen molar-refractivity contribution in [3.05, 3.63) is 0 Å². The van der Waals surface area contributed by atoms with Crippen LogP contribution in [0.4, 0.5) is 4.79 Å². The monoisotopic (exact) mass is 213 g/mol. The molecule has 0 radical (unpaired) electrons. The minimum absolute atomic E-state index is 0.00426. The molecular formula is C9H15N3O3. The predicted octanol–water partition coefficient (Wildman–Crippen LogP) is -1.13. The van der Waals surface area contributed by atoms with Crippen LogP contribution < -0.4 is 5.32 Å². The second-order valence-electron chi connectivity index (χ2n) is 3.88. The van der Waals surface area contributed by atoms with E-state index in [1.165, 1.54) is 7.11 Å². The molecule has 84 valence electrons. The molecule has 2 saturated heterocycles. The molecule has 0 bridgehead atoms. The van der Waals surface area contributed by atoms with Crippen molar-refractivity contribution in [3.8, 4) is 0 Å². The average molecular weight is 213 g/mol. The summed E-state index contributed by atoms with van der Waals surface area (Å²) in [5, 5.41) is 3.09. The molecule has 6 nitrogen and oxygen atoms in total. The number of esters is 1. The molecule has 2 unspecified atom stereocenters.